The van der Waals surface area contributed by atoms with Gasteiger partial charge in [-0.3, -0.25) is 0 Å². The first-order valence-corrected chi connectivity index (χ1v) is 3.02. The van der Waals surface area contributed by atoms with Crippen molar-refractivity contribution in [3.8, 4) is 0 Å². The normalized spacial score (nSPS) is 32.9. The van der Waals surface area contributed by atoms with E-state index in [0.29, 0.717) is 0 Å². The minimum atomic E-state index is 0.731. The van der Waals surface area contributed by atoms with Gasteiger partial charge in [0.25, 0.3) is 0 Å². The van der Waals surface area contributed by atoms with E-state index in [-0.39, 0.29) is 0 Å². The Balaban J connectivity index is 2.28. The molecule has 2 aliphatic heterocycles. The van der Waals surface area contributed by atoms with Crippen molar-refractivity contribution in [2.24, 2.45) is 0 Å². The maximum absolute atomic E-state index is 3.28. The maximum Gasteiger partial charge on any atom is 0.0486 e. The summed E-state index contributed by atoms with van der Waals surface area (Å²) in [7, 11) is 2.15. The Labute approximate surface area is 49.2 Å². The molecule has 44 valence electrons. The van der Waals surface area contributed by atoms with E-state index < -0.39 is 0 Å². The van der Waals surface area contributed by atoms with E-state index in [4.69, 9.17) is 0 Å². The predicted octanol–water partition coefficient (Wildman–Crippen LogP) is 0.135. The fourth-order valence-corrected chi connectivity index (χ4v) is 1.42. The largest absolute Gasteiger partial charge is 0.385 e. The van der Waals surface area contributed by atoms with Crippen molar-refractivity contribution in [2.45, 2.75) is 12.5 Å². The molecule has 1 N–H and O–H groups in total. The Hall–Kier alpha value is -0.660. The minimum absolute atomic E-state index is 0.731. The van der Waals surface area contributed by atoms with E-state index in [1.54, 1.807) is 0 Å². The SMILES string of the molecule is CN1CC2CC1=CN2. The first kappa shape index (κ1) is 4.24. The Morgan fingerprint density at radius 3 is 3.00 bits per heavy atom. The molecule has 8 heavy (non-hydrogen) atoms. The molecule has 2 rings (SSSR count). The number of nitrogens with zero attached hydrogens (tertiary/aromatic N) is 1. The number of fused-ring (bicyclic) bond motifs is 2. The molecule has 0 radical (unpaired) electrons. The van der Waals surface area contributed by atoms with Gasteiger partial charge in [0.05, 0.1) is 0 Å². The summed E-state index contributed by atoms with van der Waals surface area (Å²) in [6, 6.07) is 0.731. The number of hydrogen-bond acceptors (Lipinski definition) is 2. The van der Waals surface area contributed by atoms with Crippen LogP contribution < -0.4 is 5.32 Å². The highest BCUT2D eigenvalue weighted by Crippen LogP contribution is 2.23. The second kappa shape index (κ2) is 1.19. The van der Waals surface area contributed by atoms with Crippen molar-refractivity contribution in [3.63, 3.8) is 0 Å². The van der Waals surface area contributed by atoms with Crippen molar-refractivity contribution in [1.82, 2.24) is 10.2 Å². The van der Waals surface area contributed by atoms with Crippen LogP contribution in [0.25, 0.3) is 0 Å². The summed E-state index contributed by atoms with van der Waals surface area (Å²) >= 11 is 0. The van der Waals surface area contributed by atoms with Gasteiger partial charge in [-0.25, -0.2) is 0 Å². The van der Waals surface area contributed by atoms with Crippen LogP contribution in [-0.4, -0.2) is 24.5 Å². The van der Waals surface area contributed by atoms with Gasteiger partial charge in [-0.1, -0.05) is 0 Å². The molecule has 0 aromatic carbocycles. The number of nitrogens with one attached hydrogen (secondary N) is 1. The smallest absolute Gasteiger partial charge is 0.0486 e. The third kappa shape index (κ3) is 0.377. The first-order chi connectivity index (χ1) is 3.86. The molecule has 2 bridgehead atoms. The van der Waals surface area contributed by atoms with Crippen LogP contribution in [0.2, 0.25) is 0 Å². The van der Waals surface area contributed by atoms with Crippen molar-refractivity contribution in [3.05, 3.63) is 11.9 Å². The molecule has 0 aromatic heterocycles. The molecule has 1 saturated heterocycles. The molecule has 1 atom stereocenters. The molecule has 2 heterocycles. The number of likely N-dealkylation sites (tertiary alicyclic amines) is 1. The Morgan fingerprint density at radius 1 is 1.88 bits per heavy atom. The van der Waals surface area contributed by atoms with Gasteiger partial charge in [0.2, 0.25) is 0 Å². The standard InChI is InChI=1S/C6H10N2/c1-8-4-5-2-6(8)3-7-5/h3,5,7H,2,4H2,1H3. The molecule has 0 saturated carbocycles. The minimum Gasteiger partial charge on any atom is -0.385 e. The number of likely N-dealkylation sites (N-methyl/N-ethyl adjacent to an activating group) is 1. The maximum atomic E-state index is 3.28. The van der Waals surface area contributed by atoms with Crippen LogP contribution in [0.5, 0.6) is 0 Å². The van der Waals surface area contributed by atoms with Crippen molar-refractivity contribution < 1.29 is 0 Å². The van der Waals surface area contributed by atoms with E-state index in [1.807, 2.05) is 0 Å². The van der Waals surface area contributed by atoms with Gasteiger partial charge in [-0.2, -0.15) is 0 Å². The predicted molar refractivity (Wildman–Crippen MR) is 32.3 cm³/mol. The lowest BCUT2D eigenvalue weighted by Gasteiger charge is -2.17. The second-order valence-corrected chi connectivity index (χ2v) is 2.58. The molecular weight excluding hydrogens is 100 g/mol. The lowest BCUT2D eigenvalue weighted by molar-refractivity contribution is 0.428. The lowest BCUT2D eigenvalue weighted by Crippen LogP contribution is -2.29. The average Bonchev–Trinajstić information content (AvgIpc) is 2.23. The summed E-state index contributed by atoms with van der Waals surface area (Å²) in [5, 5.41) is 3.28. The van der Waals surface area contributed by atoms with E-state index in [2.05, 4.69) is 23.5 Å². The van der Waals surface area contributed by atoms with Gasteiger partial charge >= 0.3 is 0 Å². The Kier molecular flexibility index (Phi) is 0.629. The van der Waals surface area contributed by atoms with Gasteiger partial charge in [0.1, 0.15) is 0 Å². The fraction of sp³-hybridized carbons (Fsp3) is 0.667. The van der Waals surface area contributed by atoms with Crippen molar-refractivity contribution >= 4 is 0 Å². The zero-order valence-corrected chi connectivity index (χ0v) is 5.02. The first-order valence-electron chi connectivity index (χ1n) is 3.02. The molecule has 1 unspecified atom stereocenters. The van der Waals surface area contributed by atoms with Crippen LogP contribution in [0, 0.1) is 0 Å². The highest BCUT2D eigenvalue weighted by molar-refractivity contribution is 5.15. The van der Waals surface area contributed by atoms with Crippen LogP contribution in [0.3, 0.4) is 0 Å². The van der Waals surface area contributed by atoms with Crippen molar-refractivity contribution in [2.75, 3.05) is 13.6 Å². The molecular formula is C6H10N2. The second-order valence-electron chi connectivity index (χ2n) is 2.58. The number of rotatable bonds is 0. The summed E-state index contributed by atoms with van der Waals surface area (Å²) in [6.45, 7) is 1.20. The summed E-state index contributed by atoms with van der Waals surface area (Å²) in [5.41, 5.74) is 1.47. The fourth-order valence-electron chi connectivity index (χ4n) is 1.42. The van der Waals surface area contributed by atoms with Gasteiger partial charge in [0, 0.05) is 38.0 Å². The topological polar surface area (TPSA) is 15.3 Å². The molecule has 2 aliphatic rings. The molecule has 0 spiro atoms. The van der Waals surface area contributed by atoms with Gasteiger partial charge in [0.15, 0.2) is 0 Å². The Bertz CT molecular complexity index is 139. The number of hydrogen-bond donors (Lipinski definition) is 1. The van der Waals surface area contributed by atoms with E-state index in [1.165, 1.54) is 18.7 Å². The summed E-state index contributed by atoms with van der Waals surface area (Å²) < 4.78 is 0. The molecule has 0 aliphatic carbocycles. The van der Waals surface area contributed by atoms with E-state index in [0.717, 1.165) is 6.04 Å². The zero-order valence-electron chi connectivity index (χ0n) is 5.02. The third-order valence-corrected chi connectivity index (χ3v) is 1.93. The molecule has 2 nitrogen and oxygen atoms in total. The molecule has 0 amide bonds. The summed E-state index contributed by atoms with van der Waals surface area (Å²) in [5.74, 6) is 0. The lowest BCUT2D eigenvalue weighted by atomic mass is 10.3. The van der Waals surface area contributed by atoms with Crippen LogP contribution in [-0.2, 0) is 0 Å². The average molecular weight is 110 g/mol. The van der Waals surface area contributed by atoms with Crippen LogP contribution in [0.4, 0.5) is 0 Å². The van der Waals surface area contributed by atoms with Crippen LogP contribution in [0.15, 0.2) is 11.9 Å². The van der Waals surface area contributed by atoms with E-state index in [9.17, 15) is 0 Å². The Morgan fingerprint density at radius 2 is 2.75 bits per heavy atom. The quantitative estimate of drug-likeness (QED) is 0.477. The summed E-state index contributed by atoms with van der Waals surface area (Å²) in [6.07, 6.45) is 3.37. The van der Waals surface area contributed by atoms with Gasteiger partial charge < -0.3 is 10.2 Å². The molecule has 0 aromatic rings. The van der Waals surface area contributed by atoms with E-state index >= 15 is 0 Å². The highest BCUT2D eigenvalue weighted by Gasteiger charge is 2.27. The van der Waals surface area contributed by atoms with Crippen molar-refractivity contribution in [1.29, 1.82) is 0 Å². The van der Waals surface area contributed by atoms with Crippen LogP contribution in [0.1, 0.15) is 6.42 Å². The molecule has 2 heteroatoms. The molecule has 1 fully saturated rings. The third-order valence-electron chi connectivity index (χ3n) is 1.93. The van der Waals surface area contributed by atoms with Crippen LogP contribution >= 0.6 is 0 Å². The summed E-state index contributed by atoms with van der Waals surface area (Å²) in [4.78, 5) is 2.31. The van der Waals surface area contributed by atoms with Gasteiger partial charge in [-0.05, 0) is 0 Å². The zero-order chi connectivity index (χ0) is 5.56. The van der Waals surface area contributed by atoms with Gasteiger partial charge in [-0.15, -0.1) is 0 Å². The highest BCUT2D eigenvalue weighted by atomic mass is 15.2. The monoisotopic (exact) mass is 110 g/mol.